The van der Waals surface area contributed by atoms with Crippen molar-refractivity contribution in [2.75, 3.05) is 10.3 Å². The number of aromatic carboxylic acids is 1. The number of alkyl halides is 3. The van der Waals surface area contributed by atoms with Crippen LogP contribution in [-0.2, 0) is 0 Å². The van der Waals surface area contributed by atoms with Crippen LogP contribution in [0.3, 0.4) is 0 Å². The van der Waals surface area contributed by atoms with Gasteiger partial charge >= 0.3 is 12.1 Å². The summed E-state index contributed by atoms with van der Waals surface area (Å²) >= 11 is 0. The fraction of sp³-hybridized carbons (Fsp3) is 0.182. The van der Waals surface area contributed by atoms with Gasteiger partial charge in [-0.3, -0.25) is 9.99 Å². The molecule has 3 N–H and O–H groups in total. The van der Waals surface area contributed by atoms with Gasteiger partial charge in [-0.15, -0.1) is 0 Å². The summed E-state index contributed by atoms with van der Waals surface area (Å²) in [4.78, 5) is 24.1. The summed E-state index contributed by atoms with van der Waals surface area (Å²) in [5, 5.41) is 13.6. The number of nitrogens with one attached hydrogen (secondary N) is 2. The first-order valence-electron chi connectivity index (χ1n) is 9.83. The minimum atomic E-state index is -4.50. The Labute approximate surface area is 186 Å². The van der Waals surface area contributed by atoms with Gasteiger partial charge in [0.05, 0.1) is 5.56 Å². The third-order valence-corrected chi connectivity index (χ3v) is 4.93. The lowest BCUT2D eigenvalue weighted by molar-refractivity contribution is -0.142. The second kappa shape index (κ2) is 8.51. The number of rotatable bonds is 5. The Kier molecular flexibility index (Phi) is 5.73. The Morgan fingerprint density at radius 2 is 1.97 bits per heavy atom. The van der Waals surface area contributed by atoms with E-state index >= 15 is 0 Å². The maximum Gasteiger partial charge on any atom is 0.409 e. The molecule has 8 nitrogen and oxygen atoms in total. The van der Waals surface area contributed by atoms with Crippen molar-refractivity contribution in [3.05, 3.63) is 71.8 Å². The molecule has 1 aromatic carbocycles. The molecule has 0 spiro atoms. The largest absolute Gasteiger partial charge is 0.478 e. The average molecular weight is 456 g/mol. The number of hydrogen-bond acceptors (Lipinski definition) is 7. The number of pyridine rings is 1. The van der Waals surface area contributed by atoms with Crippen LogP contribution in [0.15, 0.2) is 60.7 Å². The number of allylic oxidation sites excluding steroid dienone is 1. The number of carboxylic acids is 1. The Morgan fingerprint density at radius 3 is 2.64 bits per heavy atom. The number of carbonyl (C=O) groups is 1. The van der Waals surface area contributed by atoms with Gasteiger partial charge in [0.2, 0.25) is 5.95 Å². The van der Waals surface area contributed by atoms with E-state index in [-0.39, 0.29) is 23.0 Å². The molecule has 0 bridgehead atoms. The summed E-state index contributed by atoms with van der Waals surface area (Å²) < 4.78 is 40.0. The Hall–Kier alpha value is -3.99. The summed E-state index contributed by atoms with van der Waals surface area (Å²) in [5.74, 6) is -0.909. The highest BCUT2D eigenvalue weighted by Crippen LogP contribution is 2.35. The van der Waals surface area contributed by atoms with Crippen LogP contribution in [0.5, 0.6) is 0 Å². The highest BCUT2D eigenvalue weighted by Gasteiger charge is 2.43. The Morgan fingerprint density at radius 1 is 1.18 bits per heavy atom. The van der Waals surface area contributed by atoms with Crippen molar-refractivity contribution < 1.29 is 23.1 Å². The molecule has 1 atom stereocenters. The molecule has 0 amide bonds. The second-order valence-electron chi connectivity index (χ2n) is 7.48. The minimum Gasteiger partial charge on any atom is -0.478 e. The molecule has 11 heteroatoms. The zero-order chi connectivity index (χ0) is 23.8. The standard InChI is InChI=1S/C22H19F3N6O2/c1-12-4-3-5-16(6-12)28-21-27-11-17(14-8-15(20(32)33)10-26-9-14)19(29-21)31-13(2)7-18(30-31)22(23,24)25/h3-11,18,30H,1-2H3,(H,32,33)(H,27,28,29). The van der Waals surface area contributed by atoms with Gasteiger partial charge in [0.15, 0.2) is 5.82 Å². The maximum atomic E-state index is 13.3. The van der Waals surface area contributed by atoms with Gasteiger partial charge in [-0.25, -0.2) is 15.2 Å². The molecule has 2 aromatic heterocycles. The van der Waals surface area contributed by atoms with E-state index in [1.54, 1.807) is 0 Å². The van der Waals surface area contributed by atoms with Gasteiger partial charge < -0.3 is 10.4 Å². The molecule has 0 aliphatic carbocycles. The number of hydrazine groups is 1. The Balaban J connectivity index is 1.79. The van der Waals surface area contributed by atoms with E-state index in [0.717, 1.165) is 11.6 Å². The number of halogens is 3. The predicted molar refractivity (Wildman–Crippen MR) is 116 cm³/mol. The summed E-state index contributed by atoms with van der Waals surface area (Å²) in [6.07, 6.45) is 0.540. The molecule has 0 saturated heterocycles. The van der Waals surface area contributed by atoms with E-state index < -0.39 is 18.2 Å². The number of benzene rings is 1. The van der Waals surface area contributed by atoms with Gasteiger partial charge in [0.1, 0.15) is 6.04 Å². The molecule has 1 aliphatic rings. The number of hydrogen-bond donors (Lipinski definition) is 3. The molecule has 1 unspecified atom stereocenters. The zero-order valence-corrected chi connectivity index (χ0v) is 17.6. The molecule has 0 radical (unpaired) electrons. The average Bonchev–Trinajstić information content (AvgIpc) is 3.16. The van der Waals surface area contributed by atoms with E-state index in [2.05, 4.69) is 25.7 Å². The van der Waals surface area contributed by atoms with E-state index in [0.29, 0.717) is 16.8 Å². The van der Waals surface area contributed by atoms with E-state index in [1.807, 2.05) is 31.2 Å². The summed E-state index contributed by atoms with van der Waals surface area (Å²) in [6, 6.07) is 6.92. The van der Waals surface area contributed by atoms with Crippen molar-refractivity contribution in [1.82, 2.24) is 20.4 Å². The lowest BCUT2D eigenvalue weighted by Crippen LogP contribution is -2.45. The van der Waals surface area contributed by atoms with Crippen LogP contribution < -0.4 is 15.8 Å². The van der Waals surface area contributed by atoms with E-state index in [9.17, 15) is 23.1 Å². The SMILES string of the molecule is CC1=CC(C(F)(F)F)NN1c1nc(Nc2cccc(C)c2)ncc1-c1cncc(C(=O)O)c1. The number of carboxylic acid groups (broad SMARTS) is 1. The van der Waals surface area contributed by atoms with E-state index in [1.165, 1.54) is 36.6 Å². The van der Waals surface area contributed by atoms with Crippen molar-refractivity contribution in [2.45, 2.75) is 26.1 Å². The normalized spacial score (nSPS) is 16.0. The lowest BCUT2D eigenvalue weighted by Gasteiger charge is -2.25. The van der Waals surface area contributed by atoms with Crippen molar-refractivity contribution in [3.63, 3.8) is 0 Å². The number of nitrogens with zero attached hydrogens (tertiary/aromatic N) is 4. The molecular weight excluding hydrogens is 437 g/mol. The zero-order valence-electron chi connectivity index (χ0n) is 17.6. The first kappa shape index (κ1) is 22.2. The molecule has 170 valence electrons. The van der Waals surface area contributed by atoms with Crippen LogP contribution in [-0.4, -0.2) is 38.2 Å². The molecule has 3 aromatic rings. The number of anilines is 3. The van der Waals surface area contributed by atoms with Gasteiger partial charge in [-0.05, 0) is 43.7 Å². The first-order valence-corrected chi connectivity index (χ1v) is 9.83. The maximum absolute atomic E-state index is 13.3. The topological polar surface area (TPSA) is 103 Å². The molecule has 0 fully saturated rings. The summed E-state index contributed by atoms with van der Waals surface area (Å²) in [5.41, 5.74) is 4.97. The molecule has 0 saturated carbocycles. The molecule has 4 rings (SSSR count). The molecular formula is C22H19F3N6O2. The van der Waals surface area contributed by atoms with Crippen LogP contribution in [0, 0.1) is 6.92 Å². The number of aromatic nitrogens is 3. The first-order chi connectivity index (χ1) is 15.6. The Bertz CT molecular complexity index is 1240. The van der Waals surface area contributed by atoms with E-state index in [4.69, 9.17) is 0 Å². The molecule has 3 heterocycles. The second-order valence-corrected chi connectivity index (χ2v) is 7.48. The van der Waals surface area contributed by atoms with Gasteiger partial charge in [0, 0.05) is 41.1 Å². The van der Waals surface area contributed by atoms with Crippen LogP contribution in [0.4, 0.5) is 30.6 Å². The van der Waals surface area contributed by atoms with Gasteiger partial charge in [-0.1, -0.05) is 12.1 Å². The summed E-state index contributed by atoms with van der Waals surface area (Å²) in [7, 11) is 0. The van der Waals surface area contributed by atoms with Crippen LogP contribution in [0.25, 0.3) is 11.1 Å². The van der Waals surface area contributed by atoms with Crippen LogP contribution >= 0.6 is 0 Å². The fourth-order valence-electron chi connectivity index (χ4n) is 3.35. The van der Waals surface area contributed by atoms with Gasteiger partial charge in [0.25, 0.3) is 0 Å². The van der Waals surface area contributed by atoms with Crippen molar-refractivity contribution in [3.8, 4) is 11.1 Å². The highest BCUT2D eigenvalue weighted by atomic mass is 19.4. The smallest absolute Gasteiger partial charge is 0.409 e. The summed E-state index contributed by atoms with van der Waals surface area (Å²) in [6.45, 7) is 3.44. The minimum absolute atomic E-state index is 0.0739. The third-order valence-electron chi connectivity index (χ3n) is 4.93. The van der Waals surface area contributed by atoms with Crippen molar-refractivity contribution >= 4 is 23.4 Å². The van der Waals surface area contributed by atoms with Crippen LogP contribution in [0.2, 0.25) is 0 Å². The lowest BCUT2D eigenvalue weighted by atomic mass is 10.1. The monoisotopic (exact) mass is 456 g/mol. The third kappa shape index (κ3) is 4.77. The number of aryl methyl sites for hydroxylation is 1. The molecule has 33 heavy (non-hydrogen) atoms. The highest BCUT2D eigenvalue weighted by molar-refractivity contribution is 5.90. The predicted octanol–water partition coefficient (Wildman–Crippen LogP) is 4.45. The van der Waals surface area contributed by atoms with Crippen molar-refractivity contribution in [2.24, 2.45) is 0 Å². The quantitative estimate of drug-likeness (QED) is 0.518. The fourth-order valence-corrected chi connectivity index (χ4v) is 3.35. The van der Waals surface area contributed by atoms with Crippen molar-refractivity contribution in [1.29, 1.82) is 0 Å². The molecule has 1 aliphatic heterocycles. The van der Waals surface area contributed by atoms with Gasteiger partial charge in [-0.2, -0.15) is 18.2 Å². The van der Waals surface area contributed by atoms with Crippen LogP contribution in [0.1, 0.15) is 22.8 Å².